The lowest BCUT2D eigenvalue weighted by Crippen LogP contribution is -2.20. The molecular weight excluding hydrogens is 138 g/mol. The molecule has 3 heteroatoms. The molecule has 0 unspecified atom stereocenters. The summed E-state index contributed by atoms with van der Waals surface area (Å²) in [5.74, 6) is 0.661. The number of hydrogen-bond donors (Lipinski definition) is 1. The predicted molar refractivity (Wildman–Crippen MR) is 43.1 cm³/mol. The van der Waals surface area contributed by atoms with Gasteiger partial charge in [-0.15, -0.1) is 0 Å². The quantitative estimate of drug-likeness (QED) is 0.606. The second-order valence-corrected chi connectivity index (χ2v) is 3.31. The minimum absolute atomic E-state index is 0.211. The monoisotopic (exact) mass is 151 g/mol. The van der Waals surface area contributed by atoms with Crippen LogP contribution in [-0.2, 0) is 0 Å². The van der Waals surface area contributed by atoms with Crippen molar-refractivity contribution in [2.24, 2.45) is 21.9 Å². The Morgan fingerprint density at radius 3 is 3.18 bits per heavy atom. The number of azo groups is 1. The van der Waals surface area contributed by atoms with Gasteiger partial charge in [-0.25, -0.2) is 0 Å². The van der Waals surface area contributed by atoms with Gasteiger partial charge in [-0.05, 0) is 24.3 Å². The van der Waals surface area contributed by atoms with Crippen LogP contribution in [0.5, 0.6) is 0 Å². The highest BCUT2D eigenvalue weighted by Gasteiger charge is 2.31. The van der Waals surface area contributed by atoms with E-state index < -0.39 is 0 Å². The molecule has 11 heavy (non-hydrogen) atoms. The fourth-order valence-electron chi connectivity index (χ4n) is 1.94. The van der Waals surface area contributed by atoms with E-state index in [1.165, 1.54) is 17.7 Å². The van der Waals surface area contributed by atoms with Crippen molar-refractivity contribution < 1.29 is 0 Å². The third-order valence-electron chi connectivity index (χ3n) is 2.58. The summed E-state index contributed by atoms with van der Waals surface area (Å²) in [6.45, 7) is 2.86. The largest absolute Gasteiger partial charge is 0.328 e. The summed E-state index contributed by atoms with van der Waals surface area (Å²) < 4.78 is 0. The maximum atomic E-state index is 5.56. The molecule has 2 N–H and O–H groups in total. The van der Waals surface area contributed by atoms with Crippen LogP contribution in [0.1, 0.15) is 19.8 Å². The van der Waals surface area contributed by atoms with E-state index in [1.807, 2.05) is 0 Å². The van der Waals surface area contributed by atoms with Crippen LogP contribution in [0.15, 0.2) is 21.5 Å². The highest BCUT2D eigenvalue weighted by atomic mass is 15.2. The molecule has 0 radical (unpaired) electrons. The van der Waals surface area contributed by atoms with Gasteiger partial charge in [0, 0.05) is 6.54 Å². The number of hydrogen-bond acceptors (Lipinski definition) is 3. The molecule has 0 spiro atoms. The standard InChI is InChI=1S/C8H13N3/c1-5-2-3-6-8(5)7(4-9)11-10-6/h5,7H,2-4,9H2,1H3/t5-,7-/m1/s1. The molecule has 0 saturated heterocycles. The first kappa shape index (κ1) is 6.98. The summed E-state index contributed by atoms with van der Waals surface area (Å²) in [5, 5.41) is 8.24. The third kappa shape index (κ3) is 0.913. The molecule has 2 aliphatic rings. The summed E-state index contributed by atoms with van der Waals surface area (Å²) in [4.78, 5) is 0. The van der Waals surface area contributed by atoms with E-state index in [0.717, 1.165) is 6.42 Å². The Morgan fingerprint density at radius 2 is 2.45 bits per heavy atom. The molecular formula is C8H13N3. The highest BCUT2D eigenvalue weighted by molar-refractivity contribution is 5.29. The van der Waals surface area contributed by atoms with Crippen LogP contribution >= 0.6 is 0 Å². The maximum Gasteiger partial charge on any atom is 0.107 e. The van der Waals surface area contributed by atoms with Crippen LogP contribution in [0.3, 0.4) is 0 Å². The topological polar surface area (TPSA) is 50.7 Å². The van der Waals surface area contributed by atoms with E-state index in [9.17, 15) is 0 Å². The van der Waals surface area contributed by atoms with E-state index in [1.54, 1.807) is 0 Å². The van der Waals surface area contributed by atoms with Crippen molar-refractivity contribution in [2.45, 2.75) is 25.8 Å². The van der Waals surface area contributed by atoms with Crippen LogP contribution in [0.4, 0.5) is 0 Å². The Morgan fingerprint density at radius 1 is 1.64 bits per heavy atom. The molecule has 0 aromatic carbocycles. The van der Waals surface area contributed by atoms with Gasteiger partial charge in [0.05, 0.1) is 5.70 Å². The van der Waals surface area contributed by atoms with Crippen LogP contribution in [0.25, 0.3) is 0 Å². The van der Waals surface area contributed by atoms with Crippen molar-refractivity contribution in [2.75, 3.05) is 6.54 Å². The molecule has 3 nitrogen and oxygen atoms in total. The number of allylic oxidation sites excluding steroid dienone is 1. The maximum absolute atomic E-state index is 5.56. The van der Waals surface area contributed by atoms with Gasteiger partial charge >= 0.3 is 0 Å². The molecule has 0 aromatic rings. The molecule has 2 atom stereocenters. The lowest BCUT2D eigenvalue weighted by atomic mass is 9.98. The van der Waals surface area contributed by atoms with E-state index >= 15 is 0 Å². The van der Waals surface area contributed by atoms with Crippen LogP contribution in [0, 0.1) is 5.92 Å². The van der Waals surface area contributed by atoms with Gasteiger partial charge in [0.2, 0.25) is 0 Å². The van der Waals surface area contributed by atoms with Crippen LogP contribution in [0.2, 0.25) is 0 Å². The van der Waals surface area contributed by atoms with Gasteiger partial charge in [0.15, 0.2) is 0 Å². The van der Waals surface area contributed by atoms with Crippen LogP contribution < -0.4 is 5.73 Å². The molecule has 0 aromatic heterocycles. The van der Waals surface area contributed by atoms with Crippen molar-refractivity contribution in [3.63, 3.8) is 0 Å². The van der Waals surface area contributed by atoms with Crippen molar-refractivity contribution in [1.82, 2.24) is 0 Å². The Balaban J connectivity index is 2.26. The summed E-state index contributed by atoms with van der Waals surface area (Å²) in [6.07, 6.45) is 2.34. The smallest absolute Gasteiger partial charge is 0.107 e. The molecule has 60 valence electrons. The van der Waals surface area contributed by atoms with Gasteiger partial charge in [-0.2, -0.15) is 10.2 Å². The van der Waals surface area contributed by atoms with E-state index in [-0.39, 0.29) is 6.04 Å². The van der Waals surface area contributed by atoms with Crippen molar-refractivity contribution in [3.8, 4) is 0 Å². The zero-order valence-corrected chi connectivity index (χ0v) is 6.75. The summed E-state index contributed by atoms with van der Waals surface area (Å²) >= 11 is 0. The molecule has 2 rings (SSSR count). The Labute approximate surface area is 66.4 Å². The number of nitrogens with two attached hydrogens (primary N) is 1. The SMILES string of the molecule is C[C@@H]1CCC2=C1[C@@H](CN)N=N2. The lowest BCUT2D eigenvalue weighted by molar-refractivity contribution is 0.597. The van der Waals surface area contributed by atoms with E-state index in [4.69, 9.17) is 5.73 Å². The first-order chi connectivity index (χ1) is 5.33. The van der Waals surface area contributed by atoms with Gasteiger partial charge in [-0.3, -0.25) is 0 Å². The van der Waals surface area contributed by atoms with Gasteiger partial charge in [0.1, 0.15) is 6.04 Å². The average molecular weight is 151 g/mol. The molecule has 0 bridgehead atoms. The average Bonchev–Trinajstić information content (AvgIpc) is 2.54. The summed E-state index contributed by atoms with van der Waals surface area (Å²) in [5.41, 5.74) is 8.19. The predicted octanol–water partition coefficient (Wildman–Crippen LogP) is 1.46. The Hall–Kier alpha value is -0.700. The van der Waals surface area contributed by atoms with Gasteiger partial charge in [0.25, 0.3) is 0 Å². The van der Waals surface area contributed by atoms with E-state index in [0.29, 0.717) is 12.5 Å². The molecule has 1 aliphatic heterocycles. The zero-order valence-electron chi connectivity index (χ0n) is 6.75. The zero-order chi connectivity index (χ0) is 7.84. The fraction of sp³-hybridized carbons (Fsp3) is 0.750. The minimum atomic E-state index is 0.211. The molecule has 0 saturated carbocycles. The Bertz CT molecular complexity index is 229. The second-order valence-electron chi connectivity index (χ2n) is 3.31. The van der Waals surface area contributed by atoms with Crippen molar-refractivity contribution in [1.29, 1.82) is 0 Å². The lowest BCUT2D eigenvalue weighted by Gasteiger charge is -2.11. The fourth-order valence-corrected chi connectivity index (χ4v) is 1.94. The second kappa shape index (κ2) is 2.41. The Kier molecular flexibility index (Phi) is 1.53. The summed E-state index contributed by atoms with van der Waals surface area (Å²) in [6, 6.07) is 0.211. The molecule has 1 heterocycles. The highest BCUT2D eigenvalue weighted by Crippen LogP contribution is 2.39. The minimum Gasteiger partial charge on any atom is -0.328 e. The first-order valence-electron chi connectivity index (χ1n) is 4.16. The molecule has 0 fully saturated rings. The number of nitrogens with zero attached hydrogens (tertiary/aromatic N) is 2. The van der Waals surface area contributed by atoms with E-state index in [2.05, 4.69) is 17.2 Å². The van der Waals surface area contributed by atoms with Gasteiger partial charge < -0.3 is 5.73 Å². The molecule has 1 aliphatic carbocycles. The van der Waals surface area contributed by atoms with Gasteiger partial charge in [-0.1, -0.05) is 6.92 Å². The molecule has 0 amide bonds. The normalized spacial score (nSPS) is 35.1. The number of rotatable bonds is 1. The third-order valence-corrected chi connectivity index (χ3v) is 2.58. The van der Waals surface area contributed by atoms with Crippen LogP contribution in [-0.4, -0.2) is 12.6 Å². The summed E-state index contributed by atoms with van der Waals surface area (Å²) in [7, 11) is 0. The first-order valence-corrected chi connectivity index (χ1v) is 4.16. The van der Waals surface area contributed by atoms with Crippen molar-refractivity contribution in [3.05, 3.63) is 11.3 Å². The van der Waals surface area contributed by atoms with Crippen molar-refractivity contribution >= 4 is 0 Å².